The van der Waals surface area contributed by atoms with Crippen LogP contribution in [0.2, 0.25) is 5.02 Å². The first kappa shape index (κ1) is 14.3. The second-order valence-corrected chi connectivity index (χ2v) is 6.15. The van der Waals surface area contributed by atoms with Gasteiger partial charge < -0.3 is 5.32 Å². The highest BCUT2D eigenvalue weighted by Crippen LogP contribution is 2.22. The molecule has 4 rings (SSSR count). The fourth-order valence-electron chi connectivity index (χ4n) is 3.45. The van der Waals surface area contributed by atoms with E-state index in [1.807, 2.05) is 12.3 Å². The van der Waals surface area contributed by atoms with E-state index in [9.17, 15) is 0 Å². The van der Waals surface area contributed by atoms with Gasteiger partial charge in [-0.25, -0.2) is 0 Å². The van der Waals surface area contributed by atoms with E-state index in [1.165, 1.54) is 38.3 Å². The van der Waals surface area contributed by atoms with E-state index >= 15 is 0 Å². The predicted molar refractivity (Wildman–Crippen MR) is 82.2 cm³/mol. The van der Waals surface area contributed by atoms with Crippen LogP contribution in [0.5, 0.6) is 0 Å². The van der Waals surface area contributed by atoms with Crippen LogP contribution >= 0.6 is 11.6 Å². The van der Waals surface area contributed by atoms with Gasteiger partial charge in [0.05, 0.1) is 5.02 Å². The van der Waals surface area contributed by atoms with Crippen LogP contribution in [-0.2, 0) is 6.42 Å². The van der Waals surface area contributed by atoms with E-state index in [1.54, 1.807) is 6.20 Å². The van der Waals surface area contributed by atoms with Crippen LogP contribution < -0.4 is 5.32 Å². The molecule has 4 heterocycles. The fourth-order valence-corrected chi connectivity index (χ4v) is 3.65. The summed E-state index contributed by atoms with van der Waals surface area (Å²) in [4.78, 5) is 9.31. The smallest absolute Gasteiger partial charge is 0.0621 e. The molecular weight excluding hydrogens is 272 g/mol. The molecule has 1 aromatic rings. The summed E-state index contributed by atoms with van der Waals surface area (Å²) < 4.78 is 0. The molecule has 2 atom stereocenters. The lowest BCUT2D eigenvalue weighted by Gasteiger charge is -2.50. The second kappa shape index (κ2) is 6.39. The van der Waals surface area contributed by atoms with Crippen molar-refractivity contribution >= 4 is 11.6 Å². The van der Waals surface area contributed by atoms with Crippen molar-refractivity contribution in [3.63, 3.8) is 0 Å². The highest BCUT2D eigenvalue weighted by atomic mass is 35.5. The zero-order valence-corrected chi connectivity index (χ0v) is 12.8. The van der Waals surface area contributed by atoms with E-state index in [-0.39, 0.29) is 0 Å². The summed E-state index contributed by atoms with van der Waals surface area (Å²) >= 11 is 6.27. The molecule has 2 unspecified atom stereocenters. The molecule has 20 heavy (non-hydrogen) atoms. The number of halogens is 1. The number of pyridine rings is 1. The summed E-state index contributed by atoms with van der Waals surface area (Å²) in [6, 6.07) is 3.10. The van der Waals surface area contributed by atoms with Crippen LogP contribution in [0.4, 0.5) is 0 Å². The Morgan fingerprint density at radius 2 is 2.20 bits per heavy atom. The monoisotopic (exact) mass is 294 g/mol. The molecule has 2 bridgehead atoms. The second-order valence-electron chi connectivity index (χ2n) is 5.74. The third kappa shape index (κ3) is 2.98. The molecule has 3 aliphatic heterocycles. The van der Waals surface area contributed by atoms with Gasteiger partial charge in [0, 0.05) is 57.2 Å². The van der Waals surface area contributed by atoms with Crippen molar-refractivity contribution in [2.45, 2.75) is 25.4 Å². The molecule has 4 nitrogen and oxygen atoms in total. The van der Waals surface area contributed by atoms with Gasteiger partial charge in [0.15, 0.2) is 0 Å². The Morgan fingerprint density at radius 3 is 2.80 bits per heavy atom. The van der Waals surface area contributed by atoms with Gasteiger partial charge in [0.1, 0.15) is 0 Å². The molecule has 1 N–H and O–H groups in total. The van der Waals surface area contributed by atoms with Crippen molar-refractivity contribution in [2.24, 2.45) is 0 Å². The first-order valence-electron chi connectivity index (χ1n) is 7.56. The van der Waals surface area contributed by atoms with Gasteiger partial charge in [0.25, 0.3) is 0 Å². The summed E-state index contributed by atoms with van der Waals surface area (Å²) in [5, 5.41) is 4.45. The molecule has 0 saturated carbocycles. The summed E-state index contributed by atoms with van der Waals surface area (Å²) in [7, 11) is 0. The van der Waals surface area contributed by atoms with Crippen molar-refractivity contribution in [3.8, 4) is 0 Å². The molecule has 1 aromatic heterocycles. The Hall–Kier alpha value is -0.680. The van der Waals surface area contributed by atoms with E-state index in [4.69, 9.17) is 11.6 Å². The Balaban J connectivity index is 1.74. The molecule has 0 radical (unpaired) electrons. The van der Waals surface area contributed by atoms with Crippen LogP contribution in [0.1, 0.15) is 12.5 Å². The Kier molecular flexibility index (Phi) is 4.56. The van der Waals surface area contributed by atoms with Gasteiger partial charge in [-0.3, -0.25) is 14.8 Å². The molecule has 110 valence electrons. The van der Waals surface area contributed by atoms with Crippen molar-refractivity contribution in [3.05, 3.63) is 29.0 Å². The van der Waals surface area contributed by atoms with Gasteiger partial charge >= 0.3 is 0 Å². The average molecular weight is 295 g/mol. The standard InChI is InChI=1S/C15H23ClN4/c1-2-18-14(9-12-3-4-17-10-13(12)16)15-11-19-5-7-20(15)8-6-19/h3-4,10,14-15,18H,2,5-9,11H2,1H3. The minimum absolute atomic E-state index is 0.461. The number of aromatic nitrogens is 1. The number of hydrogen-bond acceptors (Lipinski definition) is 4. The quantitative estimate of drug-likeness (QED) is 0.886. The minimum atomic E-state index is 0.461. The molecule has 3 saturated heterocycles. The fraction of sp³-hybridized carbons (Fsp3) is 0.667. The van der Waals surface area contributed by atoms with Crippen molar-refractivity contribution in [1.82, 2.24) is 20.1 Å². The number of nitrogens with zero attached hydrogens (tertiary/aromatic N) is 3. The minimum Gasteiger partial charge on any atom is -0.312 e. The van der Waals surface area contributed by atoms with Crippen LogP contribution in [0.3, 0.4) is 0 Å². The summed E-state index contributed by atoms with van der Waals surface area (Å²) in [6.45, 7) is 9.22. The topological polar surface area (TPSA) is 31.4 Å². The Bertz CT molecular complexity index is 445. The Labute approximate surface area is 126 Å². The van der Waals surface area contributed by atoms with Crippen LogP contribution in [0, 0.1) is 0 Å². The van der Waals surface area contributed by atoms with Crippen molar-refractivity contribution in [1.29, 1.82) is 0 Å². The highest BCUT2D eigenvalue weighted by Gasteiger charge is 2.36. The van der Waals surface area contributed by atoms with Gasteiger partial charge in [-0.15, -0.1) is 0 Å². The van der Waals surface area contributed by atoms with Gasteiger partial charge in [-0.05, 0) is 24.6 Å². The third-order valence-corrected chi connectivity index (χ3v) is 4.89. The summed E-state index contributed by atoms with van der Waals surface area (Å²) in [6.07, 6.45) is 4.56. The SMILES string of the molecule is CCNC(Cc1ccncc1Cl)C1CN2CCN1CC2. The van der Waals surface area contributed by atoms with Crippen molar-refractivity contribution < 1.29 is 0 Å². The van der Waals surface area contributed by atoms with E-state index in [0.29, 0.717) is 12.1 Å². The van der Waals surface area contributed by atoms with E-state index in [2.05, 4.69) is 27.0 Å². The lowest BCUT2D eigenvalue weighted by atomic mass is 9.94. The molecule has 5 heteroatoms. The molecule has 0 amide bonds. The lowest BCUT2D eigenvalue weighted by Crippen LogP contribution is -2.66. The molecule has 3 fully saturated rings. The maximum absolute atomic E-state index is 6.27. The number of nitrogens with one attached hydrogen (secondary N) is 1. The number of rotatable bonds is 5. The van der Waals surface area contributed by atoms with Crippen molar-refractivity contribution in [2.75, 3.05) is 39.3 Å². The van der Waals surface area contributed by atoms with E-state index in [0.717, 1.165) is 18.0 Å². The number of fused-ring (bicyclic) bond motifs is 3. The lowest BCUT2D eigenvalue weighted by molar-refractivity contribution is -0.00288. The zero-order chi connectivity index (χ0) is 13.9. The zero-order valence-electron chi connectivity index (χ0n) is 12.1. The average Bonchev–Trinajstić information content (AvgIpc) is 2.50. The third-order valence-electron chi connectivity index (χ3n) is 4.55. The number of likely N-dealkylation sites (N-methyl/N-ethyl adjacent to an activating group) is 1. The molecule has 0 aliphatic carbocycles. The van der Waals surface area contributed by atoms with Crippen LogP contribution in [-0.4, -0.2) is 66.1 Å². The summed E-state index contributed by atoms with van der Waals surface area (Å²) in [5.74, 6) is 0. The molecule has 3 aliphatic rings. The molecule has 0 aromatic carbocycles. The largest absolute Gasteiger partial charge is 0.312 e. The van der Waals surface area contributed by atoms with Gasteiger partial charge in [0.2, 0.25) is 0 Å². The Morgan fingerprint density at radius 1 is 1.40 bits per heavy atom. The summed E-state index contributed by atoms with van der Waals surface area (Å²) in [5.41, 5.74) is 1.20. The van der Waals surface area contributed by atoms with E-state index < -0.39 is 0 Å². The van der Waals surface area contributed by atoms with Gasteiger partial charge in [-0.2, -0.15) is 0 Å². The highest BCUT2D eigenvalue weighted by molar-refractivity contribution is 6.31. The number of piperazine rings is 3. The van der Waals surface area contributed by atoms with Crippen LogP contribution in [0.15, 0.2) is 18.5 Å². The number of hydrogen-bond donors (Lipinski definition) is 1. The predicted octanol–water partition coefficient (Wildman–Crippen LogP) is 1.26. The maximum Gasteiger partial charge on any atom is 0.0621 e. The normalized spacial score (nSPS) is 30.4. The molecule has 0 spiro atoms. The van der Waals surface area contributed by atoms with Crippen LogP contribution in [0.25, 0.3) is 0 Å². The van der Waals surface area contributed by atoms with Gasteiger partial charge in [-0.1, -0.05) is 18.5 Å². The molecular formula is C15H23ClN4. The maximum atomic E-state index is 6.27. The first-order valence-corrected chi connectivity index (χ1v) is 7.94. The first-order chi connectivity index (χ1) is 9.78.